The Morgan fingerprint density at radius 3 is 3.06 bits per heavy atom. The molecular weight excluding hydrogens is 252 g/mol. The second-order valence-electron chi connectivity index (χ2n) is 4.32. The van der Waals surface area contributed by atoms with Crippen molar-refractivity contribution >= 4 is 18.3 Å². The Kier molecular flexibility index (Phi) is 6.01. The Hall–Kier alpha value is -1.20. The van der Waals surface area contributed by atoms with Crippen molar-refractivity contribution in [1.82, 2.24) is 20.6 Å². The van der Waals surface area contributed by atoms with E-state index in [2.05, 4.69) is 20.6 Å². The number of carbonyl (C=O) groups excluding carboxylic acids is 1. The molecule has 2 rings (SSSR count). The first-order valence-corrected chi connectivity index (χ1v) is 6.05. The Morgan fingerprint density at radius 2 is 2.39 bits per heavy atom. The van der Waals surface area contributed by atoms with Crippen LogP contribution in [0.25, 0.3) is 0 Å². The summed E-state index contributed by atoms with van der Waals surface area (Å²) in [6.45, 7) is 3.25. The minimum Gasteiger partial charge on any atom is -0.349 e. The second kappa shape index (κ2) is 7.28. The number of rotatable bonds is 3. The molecule has 1 atom stereocenters. The number of halogens is 1. The first-order valence-electron chi connectivity index (χ1n) is 6.05. The molecule has 1 aromatic rings. The van der Waals surface area contributed by atoms with Crippen molar-refractivity contribution in [3.05, 3.63) is 23.8 Å². The average Bonchev–Trinajstić information content (AvgIpc) is 2.37. The topological polar surface area (TPSA) is 66.9 Å². The number of nitrogens with one attached hydrogen (secondary N) is 2. The van der Waals surface area contributed by atoms with Crippen LogP contribution in [-0.2, 0) is 11.3 Å². The summed E-state index contributed by atoms with van der Waals surface area (Å²) in [7, 11) is 0. The smallest absolute Gasteiger partial charge is 0.237 e. The minimum atomic E-state index is -0.0355. The highest BCUT2D eigenvalue weighted by Gasteiger charge is 2.19. The van der Waals surface area contributed by atoms with Gasteiger partial charge in [0.1, 0.15) is 5.82 Å². The molecule has 1 unspecified atom stereocenters. The van der Waals surface area contributed by atoms with Crippen molar-refractivity contribution < 1.29 is 4.79 Å². The second-order valence-corrected chi connectivity index (χ2v) is 4.32. The Balaban J connectivity index is 0.00000162. The first-order chi connectivity index (χ1) is 8.25. The molecular formula is C12H19ClN4O. The molecule has 1 aliphatic heterocycles. The van der Waals surface area contributed by atoms with E-state index < -0.39 is 0 Å². The standard InChI is InChI=1S/C12H18N4O.ClH/c1-9-13-7-5-10(16-9)8-15-12(17)11-4-2-3-6-14-11;/h5,7,11,14H,2-4,6,8H2,1H3,(H,15,17);1H. The van der Waals surface area contributed by atoms with Gasteiger partial charge in [-0.05, 0) is 32.4 Å². The third kappa shape index (κ3) is 4.23. The van der Waals surface area contributed by atoms with E-state index in [1.54, 1.807) is 6.20 Å². The molecule has 1 fully saturated rings. The number of hydrogen-bond donors (Lipinski definition) is 2. The molecule has 0 aliphatic carbocycles. The summed E-state index contributed by atoms with van der Waals surface area (Å²) in [5.74, 6) is 0.800. The first kappa shape index (κ1) is 14.9. The molecule has 1 saturated heterocycles. The predicted octanol–water partition coefficient (Wildman–Crippen LogP) is 0.965. The van der Waals surface area contributed by atoms with Crippen LogP contribution in [0.2, 0.25) is 0 Å². The Labute approximate surface area is 113 Å². The van der Waals surface area contributed by atoms with Gasteiger partial charge in [-0.2, -0.15) is 0 Å². The maximum atomic E-state index is 11.8. The van der Waals surface area contributed by atoms with Crippen LogP contribution in [0.5, 0.6) is 0 Å². The SMILES string of the molecule is Cc1nccc(CNC(=O)C2CCCCN2)n1.Cl. The Morgan fingerprint density at radius 1 is 1.56 bits per heavy atom. The van der Waals surface area contributed by atoms with Gasteiger partial charge in [0.25, 0.3) is 0 Å². The normalized spacial score (nSPS) is 18.8. The van der Waals surface area contributed by atoms with Crippen molar-refractivity contribution in [2.45, 2.75) is 38.8 Å². The summed E-state index contributed by atoms with van der Waals surface area (Å²) in [5.41, 5.74) is 0.849. The zero-order valence-corrected chi connectivity index (χ0v) is 11.3. The fourth-order valence-electron chi connectivity index (χ4n) is 1.98. The molecule has 2 N–H and O–H groups in total. The van der Waals surface area contributed by atoms with Crippen LogP contribution >= 0.6 is 12.4 Å². The molecule has 1 amide bonds. The van der Waals surface area contributed by atoms with E-state index in [4.69, 9.17) is 0 Å². The van der Waals surface area contributed by atoms with Crippen molar-refractivity contribution in [2.75, 3.05) is 6.54 Å². The molecule has 1 aromatic heterocycles. The van der Waals surface area contributed by atoms with Crippen LogP contribution in [0.4, 0.5) is 0 Å². The van der Waals surface area contributed by atoms with Crippen molar-refractivity contribution in [3.63, 3.8) is 0 Å². The highest BCUT2D eigenvalue weighted by atomic mass is 35.5. The van der Waals surface area contributed by atoms with E-state index in [0.717, 1.165) is 37.3 Å². The molecule has 1 aliphatic rings. The fourth-order valence-corrected chi connectivity index (χ4v) is 1.98. The lowest BCUT2D eigenvalue weighted by Gasteiger charge is -2.22. The Bertz CT molecular complexity index is 393. The van der Waals surface area contributed by atoms with Gasteiger partial charge in [0.05, 0.1) is 18.3 Å². The van der Waals surface area contributed by atoms with E-state index in [9.17, 15) is 4.79 Å². The van der Waals surface area contributed by atoms with Crippen molar-refractivity contribution in [3.8, 4) is 0 Å². The van der Waals surface area contributed by atoms with Gasteiger partial charge >= 0.3 is 0 Å². The molecule has 0 aromatic carbocycles. The van der Waals surface area contributed by atoms with Gasteiger partial charge in [0.2, 0.25) is 5.91 Å². The molecule has 0 bridgehead atoms. The van der Waals surface area contributed by atoms with E-state index >= 15 is 0 Å². The van der Waals surface area contributed by atoms with Crippen LogP contribution in [0.15, 0.2) is 12.3 Å². The van der Waals surface area contributed by atoms with E-state index in [-0.39, 0.29) is 24.4 Å². The van der Waals surface area contributed by atoms with Gasteiger partial charge in [-0.1, -0.05) is 6.42 Å². The summed E-state index contributed by atoms with van der Waals surface area (Å²) in [4.78, 5) is 20.1. The summed E-state index contributed by atoms with van der Waals surface area (Å²) >= 11 is 0. The number of nitrogens with zero attached hydrogens (tertiary/aromatic N) is 2. The highest BCUT2D eigenvalue weighted by Crippen LogP contribution is 2.07. The third-order valence-electron chi connectivity index (χ3n) is 2.90. The van der Waals surface area contributed by atoms with E-state index in [1.165, 1.54) is 0 Å². The molecule has 5 nitrogen and oxygen atoms in total. The number of carbonyl (C=O) groups is 1. The summed E-state index contributed by atoms with van der Waals surface area (Å²) in [6, 6.07) is 1.79. The number of piperidine rings is 1. The van der Waals surface area contributed by atoms with Gasteiger partial charge in [-0.25, -0.2) is 9.97 Å². The lowest BCUT2D eigenvalue weighted by atomic mass is 10.0. The number of hydrogen-bond acceptors (Lipinski definition) is 4. The minimum absolute atomic E-state index is 0. The quantitative estimate of drug-likeness (QED) is 0.859. The van der Waals surface area contributed by atoms with E-state index in [0.29, 0.717) is 6.54 Å². The van der Waals surface area contributed by atoms with Gasteiger partial charge in [0.15, 0.2) is 0 Å². The van der Waals surface area contributed by atoms with Gasteiger partial charge < -0.3 is 10.6 Å². The predicted molar refractivity (Wildman–Crippen MR) is 71.5 cm³/mol. The molecule has 2 heterocycles. The average molecular weight is 271 g/mol. The molecule has 18 heavy (non-hydrogen) atoms. The maximum Gasteiger partial charge on any atom is 0.237 e. The lowest BCUT2D eigenvalue weighted by molar-refractivity contribution is -0.123. The zero-order valence-electron chi connectivity index (χ0n) is 10.5. The molecule has 100 valence electrons. The highest BCUT2D eigenvalue weighted by molar-refractivity contribution is 5.85. The fraction of sp³-hybridized carbons (Fsp3) is 0.583. The maximum absolute atomic E-state index is 11.8. The molecule has 6 heteroatoms. The van der Waals surface area contributed by atoms with Gasteiger partial charge in [0, 0.05) is 6.20 Å². The van der Waals surface area contributed by atoms with Crippen LogP contribution in [-0.4, -0.2) is 28.5 Å². The summed E-state index contributed by atoms with van der Waals surface area (Å²) < 4.78 is 0. The molecule has 0 saturated carbocycles. The van der Waals surface area contributed by atoms with Gasteiger partial charge in [-0.3, -0.25) is 4.79 Å². The van der Waals surface area contributed by atoms with Crippen molar-refractivity contribution in [2.24, 2.45) is 0 Å². The summed E-state index contributed by atoms with van der Waals surface area (Å²) in [6.07, 6.45) is 4.92. The molecule has 0 radical (unpaired) electrons. The zero-order chi connectivity index (χ0) is 12.1. The van der Waals surface area contributed by atoms with Crippen LogP contribution in [0.3, 0.4) is 0 Å². The third-order valence-corrected chi connectivity index (χ3v) is 2.90. The largest absolute Gasteiger partial charge is 0.349 e. The van der Waals surface area contributed by atoms with Crippen LogP contribution < -0.4 is 10.6 Å². The number of aromatic nitrogens is 2. The lowest BCUT2D eigenvalue weighted by Crippen LogP contribution is -2.46. The van der Waals surface area contributed by atoms with Crippen molar-refractivity contribution in [1.29, 1.82) is 0 Å². The van der Waals surface area contributed by atoms with Crippen LogP contribution in [0.1, 0.15) is 30.8 Å². The number of amides is 1. The van der Waals surface area contributed by atoms with Crippen LogP contribution in [0, 0.1) is 6.92 Å². The summed E-state index contributed by atoms with van der Waals surface area (Å²) in [5, 5.41) is 6.13. The number of aryl methyl sites for hydroxylation is 1. The molecule has 0 spiro atoms. The van der Waals surface area contributed by atoms with Gasteiger partial charge in [-0.15, -0.1) is 12.4 Å². The monoisotopic (exact) mass is 270 g/mol. The van der Waals surface area contributed by atoms with E-state index in [1.807, 2.05) is 13.0 Å².